The zero-order chi connectivity index (χ0) is 23.6. The summed E-state index contributed by atoms with van der Waals surface area (Å²) in [6.07, 6.45) is 0. The summed E-state index contributed by atoms with van der Waals surface area (Å²) < 4.78 is 26.8. The van der Waals surface area contributed by atoms with Gasteiger partial charge in [-0.15, -0.1) is 0 Å². The lowest BCUT2D eigenvalue weighted by Gasteiger charge is -2.14. The first-order valence-corrected chi connectivity index (χ1v) is 11.1. The molecular weight excluding hydrogens is 434 g/mol. The van der Waals surface area contributed by atoms with Gasteiger partial charge in [0.05, 0.1) is 16.3 Å². The second-order valence-corrected chi connectivity index (χ2v) is 9.61. The van der Waals surface area contributed by atoms with Gasteiger partial charge in [-0.1, -0.05) is 24.3 Å². The van der Waals surface area contributed by atoms with Crippen molar-refractivity contribution in [2.45, 2.75) is 24.8 Å². The molecule has 0 aliphatic rings. The van der Waals surface area contributed by atoms with Crippen LogP contribution in [0.4, 0.5) is 0 Å². The first-order chi connectivity index (χ1) is 15.0. The van der Waals surface area contributed by atoms with Crippen LogP contribution in [0.15, 0.2) is 58.2 Å². The molecule has 2 amide bonds. The van der Waals surface area contributed by atoms with E-state index in [-0.39, 0.29) is 27.8 Å². The molecule has 3 aromatic rings. The molecule has 2 aromatic carbocycles. The van der Waals surface area contributed by atoms with Crippen molar-refractivity contribution in [1.82, 2.24) is 24.9 Å². The number of nitrogens with zero attached hydrogens (tertiary/aromatic N) is 3. The van der Waals surface area contributed by atoms with Gasteiger partial charge in [-0.25, -0.2) is 17.4 Å². The van der Waals surface area contributed by atoms with Crippen LogP contribution in [-0.4, -0.2) is 48.4 Å². The van der Waals surface area contributed by atoms with E-state index >= 15 is 0 Å². The lowest BCUT2D eigenvalue weighted by molar-refractivity contribution is 0.0843. The van der Waals surface area contributed by atoms with E-state index in [9.17, 15) is 22.8 Å². The van der Waals surface area contributed by atoms with Gasteiger partial charge in [0, 0.05) is 25.0 Å². The summed E-state index contributed by atoms with van der Waals surface area (Å²) >= 11 is 0. The number of hydrogen-bond acceptors (Lipinski definition) is 6. The maximum atomic E-state index is 12.8. The Morgan fingerprint density at radius 1 is 0.969 bits per heavy atom. The molecule has 3 rings (SSSR count). The highest BCUT2D eigenvalue weighted by atomic mass is 32.2. The predicted octanol–water partition coefficient (Wildman–Crippen LogP) is 1.30. The molecule has 0 saturated heterocycles. The maximum Gasteiger partial charge on any atom is 0.290 e. The summed E-state index contributed by atoms with van der Waals surface area (Å²) in [6.45, 7) is 3.53. The minimum absolute atomic E-state index is 0.0295. The molecule has 11 heteroatoms. The van der Waals surface area contributed by atoms with Crippen molar-refractivity contribution >= 4 is 32.6 Å². The smallest absolute Gasteiger partial charge is 0.267 e. The molecule has 1 aromatic heterocycles. The Hall–Kier alpha value is -3.57. The van der Waals surface area contributed by atoms with E-state index in [1.54, 1.807) is 38.1 Å². The molecule has 10 nitrogen and oxygen atoms in total. The van der Waals surface area contributed by atoms with Crippen LogP contribution in [0.25, 0.3) is 10.8 Å². The highest BCUT2D eigenvalue weighted by Gasteiger charge is 2.21. The van der Waals surface area contributed by atoms with Crippen LogP contribution in [0.2, 0.25) is 0 Å². The third-order valence-electron chi connectivity index (χ3n) is 4.70. The zero-order valence-electron chi connectivity index (χ0n) is 18.0. The second-order valence-electron chi connectivity index (χ2n) is 7.46. The van der Waals surface area contributed by atoms with Crippen LogP contribution in [0.3, 0.4) is 0 Å². The number of carbonyl (C=O) groups is 2. The standard InChI is InChI=1S/C21H23N5O5S/c1-13(2)26-21(29)17-11-6-5-10-16(17)18(24-26)20(28)23-22-19(27)14-8-7-9-15(12-14)32(30,31)25(3)4/h5-13H,1-4H3,(H,22,27)(H,23,28). The number of rotatable bonds is 5. The molecule has 0 fully saturated rings. The third kappa shape index (κ3) is 4.39. The van der Waals surface area contributed by atoms with Crippen molar-refractivity contribution < 1.29 is 18.0 Å². The Morgan fingerprint density at radius 2 is 1.59 bits per heavy atom. The number of sulfonamides is 1. The lowest BCUT2D eigenvalue weighted by Crippen LogP contribution is -2.43. The Morgan fingerprint density at radius 3 is 2.22 bits per heavy atom. The highest BCUT2D eigenvalue weighted by molar-refractivity contribution is 7.89. The molecule has 1 heterocycles. The highest BCUT2D eigenvalue weighted by Crippen LogP contribution is 2.16. The number of carbonyl (C=O) groups excluding carboxylic acids is 2. The fraction of sp³-hybridized carbons (Fsp3) is 0.238. The Labute approximate surface area is 184 Å². The SMILES string of the molecule is CC(C)n1nc(C(=O)NNC(=O)c2cccc(S(=O)(=O)N(C)C)c2)c2ccccc2c1=O. The first-order valence-electron chi connectivity index (χ1n) is 9.69. The maximum absolute atomic E-state index is 12.8. The molecular formula is C21H23N5O5S. The summed E-state index contributed by atoms with van der Waals surface area (Å²) in [7, 11) is -0.955. The van der Waals surface area contributed by atoms with Gasteiger partial charge >= 0.3 is 0 Å². The number of aromatic nitrogens is 2. The van der Waals surface area contributed by atoms with Crippen LogP contribution >= 0.6 is 0 Å². The summed E-state index contributed by atoms with van der Waals surface area (Å²) in [5.74, 6) is -1.43. The van der Waals surface area contributed by atoms with Gasteiger partial charge in [0.15, 0.2) is 5.69 Å². The monoisotopic (exact) mass is 457 g/mol. The molecule has 2 N–H and O–H groups in total. The Kier molecular flexibility index (Phi) is 6.42. The molecule has 0 spiro atoms. The first kappa shape index (κ1) is 23.1. The van der Waals surface area contributed by atoms with Gasteiger partial charge in [0.1, 0.15) is 0 Å². The minimum Gasteiger partial charge on any atom is -0.267 e. The van der Waals surface area contributed by atoms with E-state index in [2.05, 4.69) is 16.0 Å². The number of hydrazine groups is 1. The molecule has 0 unspecified atom stereocenters. The van der Waals surface area contributed by atoms with Crippen LogP contribution in [0.5, 0.6) is 0 Å². The van der Waals surface area contributed by atoms with Gasteiger partial charge in [0.25, 0.3) is 17.4 Å². The van der Waals surface area contributed by atoms with Crippen LogP contribution in [-0.2, 0) is 10.0 Å². The molecule has 0 saturated carbocycles. The van der Waals surface area contributed by atoms with E-state index in [0.717, 1.165) is 4.31 Å². The van der Waals surface area contributed by atoms with Crippen LogP contribution in [0, 0.1) is 0 Å². The average Bonchev–Trinajstić information content (AvgIpc) is 2.77. The van der Waals surface area contributed by atoms with Crippen LogP contribution in [0.1, 0.15) is 40.7 Å². The van der Waals surface area contributed by atoms with Crippen molar-refractivity contribution in [2.24, 2.45) is 0 Å². The molecule has 0 aliphatic carbocycles. The van der Waals surface area contributed by atoms with E-state index < -0.39 is 21.8 Å². The molecule has 0 atom stereocenters. The fourth-order valence-corrected chi connectivity index (χ4v) is 3.93. The quantitative estimate of drug-likeness (QED) is 0.556. The molecule has 0 radical (unpaired) electrons. The largest absolute Gasteiger partial charge is 0.290 e. The fourth-order valence-electron chi connectivity index (χ4n) is 2.98. The number of nitrogens with one attached hydrogen (secondary N) is 2. The van der Waals surface area contributed by atoms with Crippen LogP contribution < -0.4 is 16.4 Å². The lowest BCUT2D eigenvalue weighted by atomic mass is 10.1. The molecule has 0 bridgehead atoms. The summed E-state index contributed by atoms with van der Waals surface area (Å²) in [5, 5.41) is 4.85. The topological polar surface area (TPSA) is 130 Å². The van der Waals surface area contributed by atoms with Crippen molar-refractivity contribution in [3.05, 3.63) is 70.1 Å². The summed E-state index contributed by atoms with van der Waals surface area (Å²) in [6, 6.07) is 11.7. The van der Waals surface area contributed by atoms with Gasteiger partial charge < -0.3 is 0 Å². The predicted molar refractivity (Wildman–Crippen MR) is 119 cm³/mol. The summed E-state index contributed by atoms with van der Waals surface area (Å²) in [4.78, 5) is 37.8. The van der Waals surface area contributed by atoms with E-state index in [0.29, 0.717) is 10.8 Å². The number of hydrogen-bond donors (Lipinski definition) is 2. The second kappa shape index (κ2) is 8.89. The zero-order valence-corrected chi connectivity index (χ0v) is 18.8. The van der Waals surface area contributed by atoms with Gasteiger partial charge in [-0.3, -0.25) is 25.2 Å². The third-order valence-corrected chi connectivity index (χ3v) is 6.51. The minimum atomic E-state index is -3.72. The Bertz CT molecular complexity index is 1360. The molecule has 32 heavy (non-hydrogen) atoms. The summed E-state index contributed by atoms with van der Waals surface area (Å²) in [5.41, 5.74) is 4.23. The molecule has 0 aliphatic heterocycles. The van der Waals surface area contributed by atoms with Gasteiger partial charge in [0.2, 0.25) is 10.0 Å². The number of amides is 2. The van der Waals surface area contributed by atoms with Crippen molar-refractivity contribution in [1.29, 1.82) is 0 Å². The number of benzene rings is 2. The number of fused-ring (bicyclic) bond motifs is 1. The van der Waals surface area contributed by atoms with Crippen molar-refractivity contribution in [3.8, 4) is 0 Å². The normalized spacial score (nSPS) is 11.7. The Balaban J connectivity index is 1.87. The average molecular weight is 458 g/mol. The molecule has 168 valence electrons. The van der Waals surface area contributed by atoms with E-state index in [4.69, 9.17) is 0 Å². The van der Waals surface area contributed by atoms with E-state index in [1.165, 1.54) is 43.0 Å². The van der Waals surface area contributed by atoms with Crippen molar-refractivity contribution in [2.75, 3.05) is 14.1 Å². The van der Waals surface area contributed by atoms with Gasteiger partial charge in [-0.05, 0) is 38.1 Å². The van der Waals surface area contributed by atoms with Gasteiger partial charge in [-0.2, -0.15) is 5.10 Å². The van der Waals surface area contributed by atoms with E-state index in [1.807, 2.05) is 0 Å². The van der Waals surface area contributed by atoms with Crippen molar-refractivity contribution in [3.63, 3.8) is 0 Å².